The van der Waals surface area contributed by atoms with Gasteiger partial charge in [0.15, 0.2) is 11.5 Å². The predicted octanol–water partition coefficient (Wildman–Crippen LogP) is 5.04. The predicted molar refractivity (Wildman–Crippen MR) is 97.3 cm³/mol. The first-order valence-corrected chi connectivity index (χ1v) is 8.45. The molecular weight excluding hydrogens is 442 g/mol. The normalized spacial score (nSPS) is 10.7. The first-order valence-electron chi connectivity index (χ1n) is 6.86. The molecule has 2 aromatic heterocycles. The lowest BCUT2D eigenvalue weighted by Crippen LogP contribution is -1.91. The molecule has 24 heavy (non-hydrogen) atoms. The molecule has 0 spiro atoms. The van der Waals surface area contributed by atoms with Crippen LogP contribution < -0.4 is 9.47 Å². The van der Waals surface area contributed by atoms with E-state index in [1.54, 1.807) is 19.3 Å². The zero-order valence-corrected chi connectivity index (χ0v) is 16.1. The van der Waals surface area contributed by atoms with Crippen LogP contribution in [0.4, 0.5) is 0 Å². The van der Waals surface area contributed by atoms with E-state index >= 15 is 0 Å². The maximum Gasteiger partial charge on any atom is 0.420 e. The van der Waals surface area contributed by atoms with Crippen molar-refractivity contribution >= 4 is 37.9 Å². The first-order chi connectivity index (χ1) is 11.5. The second-order valence-corrected chi connectivity index (χ2v) is 6.42. The van der Waals surface area contributed by atoms with Gasteiger partial charge in [0.2, 0.25) is 0 Å². The maximum absolute atomic E-state index is 5.65. The van der Waals surface area contributed by atoms with Crippen molar-refractivity contribution in [1.82, 2.24) is 14.8 Å². The van der Waals surface area contributed by atoms with Gasteiger partial charge < -0.3 is 18.5 Å². The van der Waals surface area contributed by atoms with Crippen molar-refractivity contribution in [3.05, 3.63) is 45.5 Å². The van der Waals surface area contributed by atoms with Crippen LogP contribution in [0, 0.1) is 0 Å². The Morgan fingerprint density at radius 3 is 2.62 bits per heavy atom. The Hall–Kier alpha value is -2.06. The lowest BCUT2D eigenvalue weighted by molar-refractivity contribution is 0.313. The highest BCUT2D eigenvalue weighted by molar-refractivity contribution is 9.13. The molecule has 0 bridgehead atoms. The van der Waals surface area contributed by atoms with Crippen molar-refractivity contribution in [2.24, 2.45) is 7.05 Å². The fraction of sp³-hybridized carbons (Fsp3) is 0.125. The molecule has 0 aliphatic heterocycles. The molecule has 2 heterocycles. The summed E-state index contributed by atoms with van der Waals surface area (Å²) in [5.41, 5.74) is 1.67. The van der Waals surface area contributed by atoms with Crippen molar-refractivity contribution in [2.45, 2.75) is 0 Å². The minimum Gasteiger partial charge on any atom is -0.493 e. The van der Waals surface area contributed by atoms with Gasteiger partial charge in [0.05, 0.1) is 16.2 Å². The highest BCUT2D eigenvalue weighted by Crippen LogP contribution is 2.35. The third kappa shape index (κ3) is 3.11. The Morgan fingerprint density at radius 1 is 1.21 bits per heavy atom. The van der Waals surface area contributed by atoms with Gasteiger partial charge in [-0.1, -0.05) is 23.8 Å². The number of halogens is 2. The zero-order valence-electron chi connectivity index (χ0n) is 12.9. The van der Waals surface area contributed by atoms with Gasteiger partial charge in [-0.2, -0.15) is 0 Å². The van der Waals surface area contributed by atoms with Crippen LogP contribution in [0.5, 0.6) is 17.6 Å². The summed E-state index contributed by atoms with van der Waals surface area (Å²) in [7, 11) is 3.44. The Bertz CT molecular complexity index is 902. The first kappa shape index (κ1) is 16.8. The number of hydrogen-bond donors (Lipinski definition) is 0. The lowest BCUT2D eigenvalue weighted by atomic mass is 10.2. The van der Waals surface area contributed by atoms with E-state index in [4.69, 9.17) is 13.9 Å². The van der Waals surface area contributed by atoms with Crippen LogP contribution in [0.2, 0.25) is 0 Å². The number of nitrogens with zero attached hydrogens (tertiary/aromatic N) is 3. The molecule has 1 aromatic carbocycles. The van der Waals surface area contributed by atoms with Crippen molar-refractivity contribution in [1.29, 1.82) is 0 Å². The quantitative estimate of drug-likeness (QED) is 0.540. The number of aromatic nitrogens is 3. The van der Waals surface area contributed by atoms with E-state index in [-0.39, 0.29) is 6.08 Å². The smallest absolute Gasteiger partial charge is 0.420 e. The maximum atomic E-state index is 5.65. The molecule has 6 nitrogen and oxygen atoms in total. The summed E-state index contributed by atoms with van der Waals surface area (Å²) in [5, 5.41) is 7.95. The van der Waals surface area contributed by atoms with Crippen LogP contribution in [-0.4, -0.2) is 21.9 Å². The molecular formula is C16H13Br2N3O3. The fourth-order valence-corrected chi connectivity index (χ4v) is 2.88. The second kappa shape index (κ2) is 6.82. The monoisotopic (exact) mass is 453 g/mol. The number of ether oxygens (including phenoxy) is 2. The number of methoxy groups -OCH3 is 1. The van der Waals surface area contributed by atoms with Gasteiger partial charge in [-0.3, -0.25) is 0 Å². The topological polar surface area (TPSA) is 62.3 Å². The van der Waals surface area contributed by atoms with Crippen LogP contribution in [0.25, 0.3) is 17.7 Å². The fourth-order valence-electron chi connectivity index (χ4n) is 2.09. The van der Waals surface area contributed by atoms with E-state index in [1.807, 2.05) is 29.8 Å². The summed E-state index contributed by atoms with van der Waals surface area (Å²) < 4.78 is 20.2. The average molecular weight is 455 g/mol. The molecule has 0 saturated heterocycles. The Balaban J connectivity index is 1.89. The summed E-state index contributed by atoms with van der Waals surface area (Å²) in [6, 6.07) is 7.30. The zero-order chi connectivity index (χ0) is 17.3. The Morgan fingerprint density at radius 2 is 2.00 bits per heavy atom. The molecule has 3 rings (SSSR count). The minimum atomic E-state index is 0.0306. The molecule has 0 N–H and O–H groups in total. The highest BCUT2D eigenvalue weighted by Gasteiger charge is 2.18. The van der Waals surface area contributed by atoms with Crippen molar-refractivity contribution in [2.75, 3.05) is 7.11 Å². The summed E-state index contributed by atoms with van der Waals surface area (Å²) in [5.74, 6) is 1.38. The van der Waals surface area contributed by atoms with Crippen LogP contribution in [0.1, 0.15) is 5.56 Å². The van der Waals surface area contributed by atoms with Crippen LogP contribution >= 0.6 is 31.9 Å². The largest absolute Gasteiger partial charge is 0.493 e. The summed E-state index contributed by atoms with van der Waals surface area (Å²) in [4.78, 5) is 0. The van der Waals surface area contributed by atoms with Crippen LogP contribution in [-0.2, 0) is 7.05 Å². The summed E-state index contributed by atoms with van der Waals surface area (Å²) in [6.45, 7) is 3.73. The molecule has 0 unspecified atom stereocenters. The molecule has 0 atom stereocenters. The number of hydrogen-bond acceptors (Lipinski definition) is 5. The summed E-state index contributed by atoms with van der Waals surface area (Å²) >= 11 is 6.90. The Kier molecular flexibility index (Phi) is 4.77. The second-order valence-electron chi connectivity index (χ2n) is 4.82. The number of rotatable bonds is 5. The lowest BCUT2D eigenvalue weighted by Gasteiger charge is -2.07. The SMILES string of the molecule is C=Cc1ccc(Oc2nnc(-c3cc(Br)c(Br)n3C)o2)c(OC)c1. The third-order valence-corrected chi connectivity index (χ3v) is 5.46. The van der Waals surface area contributed by atoms with E-state index in [1.165, 1.54) is 0 Å². The van der Waals surface area contributed by atoms with E-state index < -0.39 is 0 Å². The van der Waals surface area contributed by atoms with Crippen LogP contribution in [0.3, 0.4) is 0 Å². The molecule has 0 saturated carbocycles. The van der Waals surface area contributed by atoms with Crippen molar-refractivity contribution < 1.29 is 13.9 Å². The van der Waals surface area contributed by atoms with Gasteiger partial charge in [-0.25, -0.2) is 0 Å². The standard InChI is InChI=1S/C16H13Br2N3O3/c1-4-9-5-6-12(13(7-9)22-3)23-16-20-19-15(24-16)11-8-10(17)14(18)21(11)2/h4-8H,1H2,2-3H3. The van der Waals surface area contributed by atoms with E-state index in [0.717, 1.165) is 20.3 Å². The van der Waals surface area contributed by atoms with Gasteiger partial charge >= 0.3 is 6.08 Å². The molecule has 0 aliphatic carbocycles. The van der Waals surface area contributed by atoms with Crippen molar-refractivity contribution in [3.63, 3.8) is 0 Å². The van der Waals surface area contributed by atoms with Gasteiger partial charge in [0.25, 0.3) is 5.89 Å². The average Bonchev–Trinajstić information content (AvgIpc) is 3.15. The molecule has 8 heteroatoms. The van der Waals surface area contributed by atoms with E-state index in [0.29, 0.717) is 17.4 Å². The van der Waals surface area contributed by atoms with E-state index in [9.17, 15) is 0 Å². The van der Waals surface area contributed by atoms with Gasteiger partial charge in [-0.05, 0) is 55.6 Å². The molecule has 0 aliphatic rings. The van der Waals surface area contributed by atoms with Crippen molar-refractivity contribution in [3.8, 4) is 29.2 Å². The molecule has 0 amide bonds. The molecule has 3 aromatic rings. The van der Waals surface area contributed by atoms with Gasteiger partial charge in [0.1, 0.15) is 5.69 Å². The highest BCUT2D eigenvalue weighted by atomic mass is 79.9. The van der Waals surface area contributed by atoms with Gasteiger partial charge in [-0.15, -0.1) is 5.10 Å². The minimum absolute atomic E-state index is 0.0306. The van der Waals surface area contributed by atoms with Crippen LogP contribution in [0.15, 0.2) is 44.3 Å². The summed E-state index contributed by atoms with van der Waals surface area (Å²) in [6.07, 6.45) is 1.76. The number of benzene rings is 1. The molecule has 0 fully saturated rings. The molecule has 124 valence electrons. The molecule has 0 radical (unpaired) electrons. The van der Waals surface area contributed by atoms with Gasteiger partial charge in [0, 0.05) is 7.05 Å². The third-order valence-electron chi connectivity index (χ3n) is 3.36. The Labute approximate surface area is 155 Å². The van der Waals surface area contributed by atoms with E-state index in [2.05, 4.69) is 48.6 Å².